The maximum absolute atomic E-state index is 6.07. The fraction of sp³-hybridized carbons (Fsp3) is 0.647. The zero-order chi connectivity index (χ0) is 14.0. The maximum atomic E-state index is 6.07. The van der Waals surface area contributed by atoms with Crippen LogP contribution in [-0.2, 0) is 5.41 Å². The lowest BCUT2D eigenvalue weighted by Gasteiger charge is -2.29. The Morgan fingerprint density at radius 2 is 1.95 bits per heavy atom. The Morgan fingerprint density at radius 3 is 2.50 bits per heavy atom. The molecular formula is C17H24BrNO. The van der Waals surface area contributed by atoms with Crippen LogP contribution >= 0.6 is 15.9 Å². The van der Waals surface area contributed by atoms with Gasteiger partial charge in [-0.25, -0.2) is 0 Å². The first-order valence-corrected chi connectivity index (χ1v) is 8.66. The van der Waals surface area contributed by atoms with Crippen molar-refractivity contribution in [2.75, 3.05) is 13.2 Å². The van der Waals surface area contributed by atoms with Crippen molar-refractivity contribution < 1.29 is 4.74 Å². The molecule has 0 unspecified atom stereocenters. The van der Waals surface area contributed by atoms with Crippen LogP contribution in [0.5, 0.6) is 5.75 Å². The molecule has 0 aromatic heterocycles. The number of halogens is 1. The second-order valence-corrected chi connectivity index (χ2v) is 7.30. The van der Waals surface area contributed by atoms with Gasteiger partial charge in [0.05, 0.1) is 11.1 Å². The van der Waals surface area contributed by atoms with E-state index in [-0.39, 0.29) is 5.41 Å². The van der Waals surface area contributed by atoms with E-state index in [0.717, 1.165) is 29.3 Å². The van der Waals surface area contributed by atoms with E-state index in [1.54, 1.807) is 0 Å². The van der Waals surface area contributed by atoms with Crippen molar-refractivity contribution in [1.82, 2.24) is 0 Å². The zero-order valence-corrected chi connectivity index (χ0v) is 13.6. The van der Waals surface area contributed by atoms with Crippen molar-refractivity contribution in [2.45, 2.75) is 50.4 Å². The predicted octanol–water partition coefficient (Wildman–Crippen LogP) is 4.40. The van der Waals surface area contributed by atoms with Crippen LogP contribution in [0.25, 0.3) is 0 Å². The van der Waals surface area contributed by atoms with E-state index in [0.29, 0.717) is 0 Å². The van der Waals surface area contributed by atoms with Crippen LogP contribution < -0.4 is 10.5 Å². The average molecular weight is 338 g/mol. The second kappa shape index (κ2) is 6.07. The first kappa shape index (κ1) is 14.4. The zero-order valence-electron chi connectivity index (χ0n) is 12.0. The lowest BCUT2D eigenvalue weighted by molar-refractivity contribution is 0.180. The lowest BCUT2D eigenvalue weighted by Crippen LogP contribution is -2.32. The first-order chi connectivity index (χ1) is 9.73. The number of hydrogen-bond donors (Lipinski definition) is 1. The molecule has 0 radical (unpaired) electrons. The Bertz CT molecular complexity index is 464. The van der Waals surface area contributed by atoms with Crippen molar-refractivity contribution in [3.8, 4) is 5.75 Å². The summed E-state index contributed by atoms with van der Waals surface area (Å²) in [5.41, 5.74) is 7.65. The van der Waals surface area contributed by atoms with Gasteiger partial charge in [0.1, 0.15) is 5.75 Å². The van der Waals surface area contributed by atoms with Crippen LogP contribution in [0.3, 0.4) is 0 Å². The Kier molecular flexibility index (Phi) is 4.37. The molecule has 0 spiro atoms. The molecule has 0 saturated heterocycles. The van der Waals surface area contributed by atoms with Gasteiger partial charge in [-0.3, -0.25) is 0 Å². The maximum Gasteiger partial charge on any atom is 0.133 e. The number of ether oxygens (including phenoxy) is 1. The minimum absolute atomic E-state index is 0.203. The number of benzene rings is 1. The van der Waals surface area contributed by atoms with E-state index in [1.807, 2.05) is 0 Å². The molecular weight excluding hydrogens is 314 g/mol. The third-order valence-corrected chi connectivity index (χ3v) is 5.81. The fourth-order valence-electron chi connectivity index (χ4n) is 3.48. The molecule has 2 aliphatic rings. The molecule has 1 aromatic rings. The summed E-state index contributed by atoms with van der Waals surface area (Å²) in [6.45, 7) is 1.61. The molecule has 3 heteroatoms. The summed E-state index contributed by atoms with van der Waals surface area (Å²) in [7, 11) is 0. The SMILES string of the molecule is NCC1(c2ccc(OCC3CCC3)c(Br)c2)CCCC1. The monoisotopic (exact) mass is 337 g/mol. The summed E-state index contributed by atoms with van der Waals surface area (Å²) in [6.07, 6.45) is 9.06. The molecule has 0 bridgehead atoms. The molecule has 2 aliphatic carbocycles. The third kappa shape index (κ3) is 2.75. The molecule has 3 rings (SSSR count). The minimum Gasteiger partial charge on any atom is -0.492 e. The van der Waals surface area contributed by atoms with Gasteiger partial charge in [-0.2, -0.15) is 0 Å². The van der Waals surface area contributed by atoms with Crippen molar-refractivity contribution in [3.05, 3.63) is 28.2 Å². The molecule has 2 saturated carbocycles. The van der Waals surface area contributed by atoms with E-state index < -0.39 is 0 Å². The predicted molar refractivity (Wildman–Crippen MR) is 86.2 cm³/mol. The summed E-state index contributed by atoms with van der Waals surface area (Å²) in [5, 5.41) is 0. The topological polar surface area (TPSA) is 35.2 Å². The average Bonchev–Trinajstić information content (AvgIpc) is 2.88. The Hall–Kier alpha value is -0.540. The number of rotatable bonds is 5. The molecule has 2 fully saturated rings. The van der Waals surface area contributed by atoms with Gasteiger partial charge in [0.15, 0.2) is 0 Å². The lowest BCUT2D eigenvalue weighted by atomic mass is 9.79. The summed E-state index contributed by atoms with van der Waals surface area (Å²) >= 11 is 3.67. The van der Waals surface area contributed by atoms with Gasteiger partial charge in [0.25, 0.3) is 0 Å². The largest absolute Gasteiger partial charge is 0.492 e. The first-order valence-electron chi connectivity index (χ1n) is 7.86. The van der Waals surface area contributed by atoms with Crippen LogP contribution in [0.2, 0.25) is 0 Å². The highest BCUT2D eigenvalue weighted by atomic mass is 79.9. The molecule has 0 atom stereocenters. The Balaban J connectivity index is 1.72. The highest BCUT2D eigenvalue weighted by Gasteiger charge is 2.34. The van der Waals surface area contributed by atoms with Gasteiger partial charge >= 0.3 is 0 Å². The van der Waals surface area contributed by atoms with Crippen LogP contribution in [-0.4, -0.2) is 13.2 Å². The standard InChI is InChI=1S/C17H24BrNO/c18-15-10-14(17(12-19)8-1-2-9-17)6-7-16(15)20-11-13-4-3-5-13/h6-7,10,13H,1-5,8-9,11-12,19H2. The van der Waals surface area contributed by atoms with Gasteiger partial charge in [-0.1, -0.05) is 25.3 Å². The van der Waals surface area contributed by atoms with E-state index in [1.165, 1.54) is 50.5 Å². The Labute approximate surface area is 130 Å². The highest BCUT2D eigenvalue weighted by molar-refractivity contribution is 9.10. The summed E-state index contributed by atoms with van der Waals surface area (Å²) < 4.78 is 7.02. The van der Waals surface area contributed by atoms with Crippen LogP contribution in [0.4, 0.5) is 0 Å². The summed E-state index contributed by atoms with van der Waals surface area (Å²) in [5.74, 6) is 1.75. The van der Waals surface area contributed by atoms with E-state index in [9.17, 15) is 0 Å². The van der Waals surface area contributed by atoms with Crippen molar-refractivity contribution in [2.24, 2.45) is 11.7 Å². The minimum atomic E-state index is 0.203. The summed E-state index contributed by atoms with van der Waals surface area (Å²) in [6, 6.07) is 6.57. The van der Waals surface area contributed by atoms with Gasteiger partial charge in [0, 0.05) is 12.0 Å². The normalized spacial score (nSPS) is 21.7. The molecule has 0 heterocycles. The smallest absolute Gasteiger partial charge is 0.133 e. The number of nitrogens with two attached hydrogens (primary N) is 1. The Morgan fingerprint density at radius 1 is 1.20 bits per heavy atom. The highest BCUT2D eigenvalue weighted by Crippen LogP contribution is 2.42. The van der Waals surface area contributed by atoms with E-state index in [2.05, 4.69) is 34.1 Å². The van der Waals surface area contributed by atoms with Crippen molar-refractivity contribution in [3.63, 3.8) is 0 Å². The molecule has 0 amide bonds. The third-order valence-electron chi connectivity index (χ3n) is 5.19. The molecule has 2 N–H and O–H groups in total. The molecule has 20 heavy (non-hydrogen) atoms. The van der Waals surface area contributed by atoms with E-state index >= 15 is 0 Å². The van der Waals surface area contributed by atoms with E-state index in [4.69, 9.17) is 10.5 Å². The van der Waals surface area contributed by atoms with Crippen LogP contribution in [0.15, 0.2) is 22.7 Å². The van der Waals surface area contributed by atoms with Crippen molar-refractivity contribution in [1.29, 1.82) is 0 Å². The second-order valence-electron chi connectivity index (χ2n) is 6.44. The van der Waals surface area contributed by atoms with Crippen LogP contribution in [0.1, 0.15) is 50.5 Å². The van der Waals surface area contributed by atoms with Gasteiger partial charge in [-0.15, -0.1) is 0 Å². The fourth-order valence-corrected chi connectivity index (χ4v) is 3.97. The molecule has 2 nitrogen and oxygen atoms in total. The molecule has 0 aliphatic heterocycles. The number of hydrogen-bond acceptors (Lipinski definition) is 2. The van der Waals surface area contributed by atoms with Gasteiger partial charge < -0.3 is 10.5 Å². The van der Waals surface area contributed by atoms with Gasteiger partial charge in [-0.05, 0) is 65.2 Å². The molecule has 110 valence electrons. The van der Waals surface area contributed by atoms with Crippen molar-refractivity contribution >= 4 is 15.9 Å². The quantitative estimate of drug-likeness (QED) is 0.864. The van der Waals surface area contributed by atoms with Gasteiger partial charge in [0.2, 0.25) is 0 Å². The summed E-state index contributed by atoms with van der Waals surface area (Å²) in [4.78, 5) is 0. The van der Waals surface area contributed by atoms with Crippen LogP contribution in [0, 0.1) is 5.92 Å². The molecule has 1 aromatic carbocycles.